The Morgan fingerprint density at radius 1 is 1.08 bits per heavy atom. The lowest BCUT2D eigenvalue weighted by molar-refractivity contribution is -0.119. The molecule has 10 nitrogen and oxygen atoms in total. The summed E-state index contributed by atoms with van der Waals surface area (Å²) in [7, 11) is 3.40. The third kappa shape index (κ3) is 6.01. The van der Waals surface area contributed by atoms with Crippen molar-refractivity contribution in [1.29, 1.82) is 0 Å². The summed E-state index contributed by atoms with van der Waals surface area (Å²) in [6.07, 6.45) is 3.39. The Labute approximate surface area is 215 Å². The van der Waals surface area contributed by atoms with E-state index < -0.39 is 18.0 Å². The number of carbonyl (C=O) groups is 3. The Bertz CT molecular complexity index is 1270. The number of oxime groups is 1. The molecule has 4 amide bonds. The van der Waals surface area contributed by atoms with Gasteiger partial charge in [-0.25, -0.2) is 4.79 Å². The van der Waals surface area contributed by atoms with Crippen LogP contribution in [-0.2, 0) is 11.3 Å². The number of hydrogen-bond acceptors (Lipinski definition) is 6. The standard InChI is InChI=1S/C17H18N4O3.C10H11NO2/c22-16-14(18-17(23)19-16)9-6-12-4-7-13(8-5-12)15(20-24)21-10-2-1-3-11-21;1-11-6-7-3-4-8(13-2)5-9(7)10(11)12/h4-5,7-8,14,24H,1-3,10-11H2,(H2,18,19,22,23);3-5H,6H2,1-2H3/b20-15+;. The van der Waals surface area contributed by atoms with Crippen molar-refractivity contribution < 1.29 is 24.3 Å². The van der Waals surface area contributed by atoms with Crippen LogP contribution in [0, 0.1) is 11.8 Å². The Hall–Kier alpha value is -4.52. The van der Waals surface area contributed by atoms with E-state index in [9.17, 15) is 19.6 Å². The third-order valence-electron chi connectivity index (χ3n) is 6.33. The first-order valence-electron chi connectivity index (χ1n) is 12.0. The van der Waals surface area contributed by atoms with Crippen molar-refractivity contribution >= 4 is 23.7 Å². The topological polar surface area (TPSA) is 124 Å². The van der Waals surface area contributed by atoms with E-state index >= 15 is 0 Å². The molecular formula is C27H29N5O5. The molecule has 0 aliphatic carbocycles. The summed E-state index contributed by atoms with van der Waals surface area (Å²) in [5.74, 6) is 6.52. The van der Waals surface area contributed by atoms with Gasteiger partial charge in [0, 0.05) is 43.4 Å². The molecule has 0 bridgehead atoms. The molecule has 3 aliphatic heterocycles. The van der Waals surface area contributed by atoms with Gasteiger partial charge in [-0.2, -0.15) is 0 Å². The van der Waals surface area contributed by atoms with Gasteiger partial charge < -0.3 is 25.1 Å². The molecule has 2 fully saturated rings. The first-order chi connectivity index (χ1) is 17.9. The van der Waals surface area contributed by atoms with E-state index in [1.165, 1.54) is 6.42 Å². The number of urea groups is 1. The van der Waals surface area contributed by atoms with Gasteiger partial charge in [-0.1, -0.05) is 23.1 Å². The van der Waals surface area contributed by atoms with Crippen molar-refractivity contribution in [3.8, 4) is 17.6 Å². The molecule has 0 aromatic heterocycles. The Morgan fingerprint density at radius 3 is 2.43 bits per heavy atom. The van der Waals surface area contributed by atoms with Crippen LogP contribution in [-0.4, -0.2) is 72.0 Å². The normalized spacial score (nSPS) is 18.7. The minimum atomic E-state index is -0.819. The van der Waals surface area contributed by atoms with E-state index in [2.05, 4.69) is 32.5 Å². The highest BCUT2D eigenvalue weighted by Gasteiger charge is 2.27. The highest BCUT2D eigenvalue weighted by atomic mass is 16.5. The number of methoxy groups -OCH3 is 1. The monoisotopic (exact) mass is 503 g/mol. The van der Waals surface area contributed by atoms with Crippen LogP contribution in [0.3, 0.4) is 0 Å². The lowest BCUT2D eigenvalue weighted by Gasteiger charge is -2.28. The second-order valence-corrected chi connectivity index (χ2v) is 8.90. The molecular weight excluding hydrogens is 474 g/mol. The number of amides is 4. The smallest absolute Gasteiger partial charge is 0.322 e. The lowest BCUT2D eigenvalue weighted by Crippen LogP contribution is -2.36. The van der Waals surface area contributed by atoms with E-state index in [1.807, 2.05) is 24.3 Å². The summed E-state index contributed by atoms with van der Waals surface area (Å²) < 4.78 is 5.05. The summed E-state index contributed by atoms with van der Waals surface area (Å²) in [5, 5.41) is 17.3. The maximum absolute atomic E-state index is 11.5. The first-order valence-corrected chi connectivity index (χ1v) is 12.0. The number of nitrogens with zero attached hydrogens (tertiary/aromatic N) is 3. The number of carbonyl (C=O) groups excluding carboxylic acids is 3. The molecule has 10 heteroatoms. The summed E-state index contributed by atoms with van der Waals surface area (Å²) in [6.45, 7) is 2.48. The van der Waals surface area contributed by atoms with Crippen LogP contribution in [0.4, 0.5) is 4.79 Å². The zero-order valence-electron chi connectivity index (χ0n) is 20.8. The molecule has 1 atom stereocenters. The predicted molar refractivity (Wildman–Crippen MR) is 136 cm³/mol. The van der Waals surface area contributed by atoms with E-state index in [-0.39, 0.29) is 5.91 Å². The number of likely N-dealkylation sites (tertiary alicyclic amines) is 1. The van der Waals surface area contributed by atoms with Crippen molar-refractivity contribution in [2.45, 2.75) is 31.8 Å². The molecule has 0 spiro atoms. The van der Waals surface area contributed by atoms with E-state index in [0.29, 0.717) is 17.9 Å². The van der Waals surface area contributed by atoms with Gasteiger partial charge in [0.25, 0.3) is 11.8 Å². The van der Waals surface area contributed by atoms with Gasteiger partial charge in [0.1, 0.15) is 5.75 Å². The van der Waals surface area contributed by atoms with Crippen molar-refractivity contribution in [3.05, 3.63) is 64.7 Å². The number of hydrogen-bond donors (Lipinski definition) is 3. The molecule has 192 valence electrons. The molecule has 2 saturated heterocycles. The van der Waals surface area contributed by atoms with Crippen LogP contribution in [0.1, 0.15) is 46.3 Å². The van der Waals surface area contributed by atoms with Crippen LogP contribution in [0.15, 0.2) is 47.6 Å². The molecule has 3 heterocycles. The van der Waals surface area contributed by atoms with Crippen LogP contribution < -0.4 is 15.4 Å². The zero-order valence-corrected chi connectivity index (χ0v) is 20.8. The van der Waals surface area contributed by atoms with Crippen LogP contribution in [0.5, 0.6) is 5.75 Å². The Balaban J connectivity index is 0.000000207. The molecule has 0 saturated carbocycles. The maximum Gasteiger partial charge on any atom is 0.322 e. The number of amidine groups is 1. The van der Waals surface area contributed by atoms with Gasteiger partial charge >= 0.3 is 6.03 Å². The Morgan fingerprint density at radius 2 is 1.81 bits per heavy atom. The van der Waals surface area contributed by atoms with E-state index in [4.69, 9.17) is 4.74 Å². The third-order valence-corrected chi connectivity index (χ3v) is 6.33. The average Bonchev–Trinajstić information content (AvgIpc) is 3.40. The molecule has 2 aromatic rings. The van der Waals surface area contributed by atoms with Gasteiger partial charge in [-0.3, -0.25) is 14.9 Å². The number of nitrogens with one attached hydrogen (secondary N) is 2. The molecule has 5 rings (SSSR count). The molecule has 3 N–H and O–H groups in total. The number of benzene rings is 2. The zero-order chi connectivity index (χ0) is 26.4. The van der Waals surface area contributed by atoms with Gasteiger partial charge in [0.15, 0.2) is 11.9 Å². The lowest BCUT2D eigenvalue weighted by atomic mass is 10.1. The summed E-state index contributed by atoms with van der Waals surface area (Å²) in [6, 6.07) is 11.5. The molecule has 3 aliphatic rings. The number of rotatable bonds is 2. The number of imide groups is 1. The highest BCUT2D eigenvalue weighted by molar-refractivity contribution is 6.06. The quantitative estimate of drug-likeness (QED) is 0.144. The second kappa shape index (κ2) is 11.5. The number of piperidine rings is 1. The van der Waals surface area contributed by atoms with Crippen molar-refractivity contribution in [2.24, 2.45) is 5.16 Å². The van der Waals surface area contributed by atoms with E-state index in [0.717, 1.165) is 48.4 Å². The average molecular weight is 504 g/mol. The molecule has 0 radical (unpaired) electrons. The van der Waals surface area contributed by atoms with Gasteiger partial charge in [0.2, 0.25) is 0 Å². The van der Waals surface area contributed by atoms with Crippen LogP contribution >= 0.6 is 0 Å². The van der Waals surface area contributed by atoms with Gasteiger partial charge in [-0.15, -0.1) is 0 Å². The van der Waals surface area contributed by atoms with Crippen LogP contribution in [0.2, 0.25) is 0 Å². The predicted octanol–water partition coefficient (Wildman–Crippen LogP) is 2.15. The number of ether oxygens (including phenoxy) is 1. The van der Waals surface area contributed by atoms with Crippen molar-refractivity contribution in [3.63, 3.8) is 0 Å². The minimum absolute atomic E-state index is 0.0777. The molecule has 37 heavy (non-hydrogen) atoms. The fraction of sp³-hybridized carbons (Fsp3) is 0.333. The maximum atomic E-state index is 11.5. The fourth-order valence-corrected chi connectivity index (χ4v) is 4.34. The SMILES string of the molecule is COc1ccc2c(c1)C(=O)N(C)C2.O=C1NC(=O)C(C#Cc2ccc(/C(=N\O)N3CCCCC3)cc2)N1. The first kappa shape index (κ1) is 25.6. The van der Waals surface area contributed by atoms with Crippen LogP contribution in [0.25, 0.3) is 0 Å². The van der Waals surface area contributed by atoms with Crippen molar-refractivity contribution in [2.75, 3.05) is 27.2 Å². The molecule has 1 unspecified atom stereocenters. The summed E-state index contributed by atoms with van der Waals surface area (Å²) in [4.78, 5) is 37.7. The molecule has 2 aromatic carbocycles. The summed E-state index contributed by atoms with van der Waals surface area (Å²) >= 11 is 0. The van der Waals surface area contributed by atoms with Gasteiger partial charge in [-0.05, 0) is 61.2 Å². The van der Waals surface area contributed by atoms with Crippen molar-refractivity contribution in [1.82, 2.24) is 20.4 Å². The minimum Gasteiger partial charge on any atom is -0.497 e. The van der Waals surface area contributed by atoms with Gasteiger partial charge in [0.05, 0.1) is 7.11 Å². The summed E-state index contributed by atoms with van der Waals surface area (Å²) in [5.41, 5.74) is 3.37. The second-order valence-electron chi connectivity index (χ2n) is 8.90. The number of fused-ring (bicyclic) bond motifs is 1. The largest absolute Gasteiger partial charge is 0.497 e. The fourth-order valence-electron chi connectivity index (χ4n) is 4.34. The van der Waals surface area contributed by atoms with E-state index in [1.54, 1.807) is 37.3 Å². The Kier molecular flexibility index (Phi) is 7.93. The highest BCUT2D eigenvalue weighted by Crippen LogP contribution is 2.25.